The molecule has 1 N–H and O–H groups in total. The Morgan fingerprint density at radius 3 is 2.75 bits per heavy atom. The van der Waals surface area contributed by atoms with Crippen LogP contribution in [0.4, 0.5) is 0 Å². The molecule has 86 valence electrons. The summed E-state index contributed by atoms with van der Waals surface area (Å²) >= 11 is 6.09. The Labute approximate surface area is 101 Å². The summed E-state index contributed by atoms with van der Waals surface area (Å²) < 4.78 is 5.79. The van der Waals surface area contributed by atoms with E-state index < -0.39 is 0 Å². The van der Waals surface area contributed by atoms with Gasteiger partial charge in [0.15, 0.2) is 5.58 Å². The highest BCUT2D eigenvalue weighted by Gasteiger charge is 2.12. The molecule has 2 nitrogen and oxygen atoms in total. The zero-order chi connectivity index (χ0) is 11.7. The van der Waals surface area contributed by atoms with E-state index in [1.54, 1.807) is 0 Å². The van der Waals surface area contributed by atoms with Gasteiger partial charge in [-0.2, -0.15) is 0 Å². The third-order valence-electron chi connectivity index (χ3n) is 2.69. The van der Waals surface area contributed by atoms with Crippen LogP contribution in [0, 0.1) is 6.92 Å². The molecule has 0 aliphatic carbocycles. The van der Waals surface area contributed by atoms with Gasteiger partial charge in [-0.25, -0.2) is 0 Å². The summed E-state index contributed by atoms with van der Waals surface area (Å²) in [6, 6.07) is 6.29. The smallest absolute Gasteiger partial charge is 0.153 e. The van der Waals surface area contributed by atoms with E-state index in [0.29, 0.717) is 11.1 Å². The molecule has 0 saturated heterocycles. The SMILES string of the molecule is Cc1c(CNC(C)C)oc2c(Cl)cccc12. The minimum atomic E-state index is 0.447. The van der Waals surface area contributed by atoms with Crippen molar-refractivity contribution in [3.05, 3.63) is 34.5 Å². The molecule has 0 spiro atoms. The van der Waals surface area contributed by atoms with Gasteiger partial charge in [-0.3, -0.25) is 0 Å². The molecule has 3 heteroatoms. The molecule has 0 aliphatic rings. The van der Waals surface area contributed by atoms with Crippen LogP contribution in [-0.2, 0) is 6.54 Å². The molecular weight excluding hydrogens is 222 g/mol. The molecule has 0 saturated carbocycles. The number of para-hydroxylation sites is 1. The van der Waals surface area contributed by atoms with Crippen LogP contribution in [0.25, 0.3) is 11.0 Å². The van der Waals surface area contributed by atoms with Gasteiger partial charge in [-0.1, -0.05) is 37.6 Å². The van der Waals surface area contributed by atoms with Crippen LogP contribution in [0.3, 0.4) is 0 Å². The van der Waals surface area contributed by atoms with Gasteiger partial charge in [0.05, 0.1) is 11.6 Å². The van der Waals surface area contributed by atoms with Crippen LogP contribution in [0.1, 0.15) is 25.2 Å². The first-order valence-corrected chi connectivity index (χ1v) is 5.87. The maximum Gasteiger partial charge on any atom is 0.153 e. The van der Waals surface area contributed by atoms with Crippen molar-refractivity contribution in [2.75, 3.05) is 0 Å². The Morgan fingerprint density at radius 2 is 2.12 bits per heavy atom. The number of fused-ring (bicyclic) bond motifs is 1. The first-order chi connectivity index (χ1) is 7.59. The zero-order valence-corrected chi connectivity index (χ0v) is 10.6. The van der Waals surface area contributed by atoms with Crippen molar-refractivity contribution in [1.82, 2.24) is 5.32 Å². The highest BCUT2D eigenvalue weighted by Crippen LogP contribution is 2.30. The topological polar surface area (TPSA) is 25.2 Å². The summed E-state index contributed by atoms with van der Waals surface area (Å²) in [5, 5.41) is 5.13. The number of furan rings is 1. The van der Waals surface area contributed by atoms with Crippen LogP contribution in [-0.4, -0.2) is 6.04 Å². The standard InChI is InChI=1S/C13H16ClNO/c1-8(2)15-7-12-9(3)10-5-4-6-11(14)13(10)16-12/h4-6,8,15H,7H2,1-3H3. The van der Waals surface area contributed by atoms with E-state index in [9.17, 15) is 0 Å². The van der Waals surface area contributed by atoms with E-state index in [4.69, 9.17) is 16.0 Å². The molecule has 2 rings (SSSR count). The van der Waals surface area contributed by atoms with Gasteiger partial charge in [0, 0.05) is 11.4 Å². The normalized spacial score (nSPS) is 11.6. The van der Waals surface area contributed by atoms with Gasteiger partial charge in [-0.15, -0.1) is 0 Å². The Morgan fingerprint density at radius 1 is 1.38 bits per heavy atom. The van der Waals surface area contributed by atoms with Crippen LogP contribution in [0.2, 0.25) is 5.02 Å². The second-order valence-corrected chi connectivity index (χ2v) is 4.71. The van der Waals surface area contributed by atoms with Crippen LogP contribution in [0.5, 0.6) is 0 Å². The van der Waals surface area contributed by atoms with Crippen molar-refractivity contribution in [3.8, 4) is 0 Å². The molecule has 0 atom stereocenters. The average molecular weight is 238 g/mol. The predicted molar refractivity (Wildman–Crippen MR) is 67.9 cm³/mol. The monoisotopic (exact) mass is 237 g/mol. The van der Waals surface area contributed by atoms with E-state index in [0.717, 1.165) is 23.3 Å². The lowest BCUT2D eigenvalue weighted by molar-refractivity contribution is 0.485. The fourth-order valence-corrected chi connectivity index (χ4v) is 1.94. The maximum atomic E-state index is 6.09. The number of hydrogen-bond acceptors (Lipinski definition) is 2. The summed E-state index contributed by atoms with van der Waals surface area (Å²) in [6.07, 6.45) is 0. The summed E-state index contributed by atoms with van der Waals surface area (Å²) in [4.78, 5) is 0. The van der Waals surface area contributed by atoms with Crippen molar-refractivity contribution in [3.63, 3.8) is 0 Å². The number of nitrogens with one attached hydrogen (secondary N) is 1. The lowest BCUT2D eigenvalue weighted by atomic mass is 10.1. The first kappa shape index (κ1) is 11.5. The molecular formula is C13H16ClNO. The number of halogens is 1. The fourth-order valence-electron chi connectivity index (χ4n) is 1.72. The summed E-state index contributed by atoms with van der Waals surface area (Å²) in [7, 11) is 0. The third-order valence-corrected chi connectivity index (χ3v) is 2.98. The lowest BCUT2D eigenvalue weighted by Gasteiger charge is -2.05. The van der Waals surface area contributed by atoms with Crippen LogP contribution in [0.15, 0.2) is 22.6 Å². The van der Waals surface area contributed by atoms with E-state index in [1.165, 1.54) is 5.56 Å². The summed E-state index contributed by atoms with van der Waals surface area (Å²) in [5.41, 5.74) is 1.97. The molecule has 0 amide bonds. The molecule has 0 unspecified atom stereocenters. The average Bonchev–Trinajstić information content (AvgIpc) is 2.55. The number of hydrogen-bond donors (Lipinski definition) is 1. The Balaban J connectivity index is 2.40. The molecule has 0 radical (unpaired) electrons. The molecule has 0 aliphatic heterocycles. The lowest BCUT2D eigenvalue weighted by Crippen LogP contribution is -2.21. The molecule has 0 fully saturated rings. The van der Waals surface area contributed by atoms with Gasteiger partial charge in [0.1, 0.15) is 5.76 Å². The highest BCUT2D eigenvalue weighted by molar-refractivity contribution is 6.34. The second kappa shape index (κ2) is 4.48. The zero-order valence-electron chi connectivity index (χ0n) is 9.80. The first-order valence-electron chi connectivity index (χ1n) is 5.49. The fraction of sp³-hybridized carbons (Fsp3) is 0.385. The molecule has 2 aromatic rings. The van der Waals surface area contributed by atoms with Crippen LogP contribution >= 0.6 is 11.6 Å². The van der Waals surface area contributed by atoms with Gasteiger partial charge < -0.3 is 9.73 Å². The molecule has 1 aromatic heterocycles. The molecule has 1 heterocycles. The minimum absolute atomic E-state index is 0.447. The highest BCUT2D eigenvalue weighted by atomic mass is 35.5. The third kappa shape index (κ3) is 2.08. The molecule has 1 aromatic carbocycles. The van der Waals surface area contributed by atoms with Crippen LogP contribution < -0.4 is 5.32 Å². The largest absolute Gasteiger partial charge is 0.458 e. The predicted octanol–water partition coefficient (Wildman–Crippen LogP) is 3.89. The molecule has 16 heavy (non-hydrogen) atoms. The van der Waals surface area contributed by atoms with Gasteiger partial charge >= 0.3 is 0 Å². The number of benzene rings is 1. The van der Waals surface area contributed by atoms with Gasteiger partial charge in [-0.05, 0) is 18.6 Å². The van der Waals surface area contributed by atoms with E-state index in [1.807, 2.05) is 18.2 Å². The van der Waals surface area contributed by atoms with Crippen molar-refractivity contribution in [2.24, 2.45) is 0 Å². The van der Waals surface area contributed by atoms with Gasteiger partial charge in [0.2, 0.25) is 0 Å². The minimum Gasteiger partial charge on any atom is -0.458 e. The van der Waals surface area contributed by atoms with Crippen molar-refractivity contribution in [2.45, 2.75) is 33.4 Å². The van der Waals surface area contributed by atoms with E-state index >= 15 is 0 Å². The van der Waals surface area contributed by atoms with E-state index in [2.05, 4.69) is 26.1 Å². The second-order valence-electron chi connectivity index (χ2n) is 4.30. The quantitative estimate of drug-likeness (QED) is 0.876. The Kier molecular flexibility index (Phi) is 3.22. The Bertz CT molecular complexity index is 502. The van der Waals surface area contributed by atoms with Gasteiger partial charge in [0.25, 0.3) is 0 Å². The van der Waals surface area contributed by atoms with Crippen molar-refractivity contribution < 1.29 is 4.42 Å². The van der Waals surface area contributed by atoms with Crippen molar-refractivity contribution in [1.29, 1.82) is 0 Å². The number of aryl methyl sites for hydroxylation is 1. The summed E-state index contributed by atoms with van der Waals surface area (Å²) in [6.45, 7) is 7.05. The van der Waals surface area contributed by atoms with Crippen molar-refractivity contribution >= 4 is 22.6 Å². The molecule has 0 bridgehead atoms. The maximum absolute atomic E-state index is 6.09. The summed E-state index contributed by atoms with van der Waals surface area (Å²) in [5.74, 6) is 0.969. The Hall–Kier alpha value is -0.990. The number of rotatable bonds is 3. The van der Waals surface area contributed by atoms with E-state index in [-0.39, 0.29) is 0 Å².